The number of methoxy groups -OCH3 is 1. The van der Waals surface area contributed by atoms with Crippen LogP contribution in [0.15, 0.2) is 23.6 Å². The minimum atomic E-state index is -0.173. The second-order valence-electron chi connectivity index (χ2n) is 6.69. The van der Waals surface area contributed by atoms with E-state index in [1.165, 1.54) is 0 Å². The van der Waals surface area contributed by atoms with Crippen molar-refractivity contribution >= 4 is 17.2 Å². The molecule has 1 amide bonds. The molecule has 3 rings (SSSR count). The summed E-state index contributed by atoms with van der Waals surface area (Å²) in [5.41, 5.74) is 1.97. The molecule has 25 heavy (non-hydrogen) atoms. The van der Waals surface area contributed by atoms with Crippen LogP contribution < -0.4 is 9.47 Å². The Balaban J connectivity index is 1.66. The van der Waals surface area contributed by atoms with Crippen LogP contribution in [-0.2, 0) is 17.8 Å². The highest BCUT2D eigenvalue weighted by Gasteiger charge is 2.30. The van der Waals surface area contributed by atoms with E-state index in [0.717, 1.165) is 27.8 Å². The molecule has 1 aliphatic heterocycles. The maximum atomic E-state index is 12.8. The molecule has 134 valence electrons. The zero-order valence-corrected chi connectivity index (χ0v) is 15.9. The van der Waals surface area contributed by atoms with Gasteiger partial charge in [-0.1, -0.05) is 26.0 Å². The summed E-state index contributed by atoms with van der Waals surface area (Å²) in [7, 11) is 3.46. The normalized spacial score (nSPS) is 16.3. The average Bonchev–Trinajstić information content (AvgIpc) is 3.08. The van der Waals surface area contributed by atoms with E-state index in [0.29, 0.717) is 25.5 Å². The third-order valence-electron chi connectivity index (χ3n) is 4.36. The second kappa shape index (κ2) is 7.44. The molecular formula is C19H24N2O3S. The number of carbonyl (C=O) groups is 1. The van der Waals surface area contributed by atoms with Gasteiger partial charge in [-0.2, -0.15) is 0 Å². The van der Waals surface area contributed by atoms with Gasteiger partial charge in [0, 0.05) is 18.3 Å². The molecule has 6 heteroatoms. The third kappa shape index (κ3) is 3.79. The Labute approximate surface area is 152 Å². The number of hydrogen-bond donors (Lipinski definition) is 0. The van der Waals surface area contributed by atoms with Gasteiger partial charge in [-0.15, -0.1) is 11.3 Å². The molecule has 1 atom stereocenters. The van der Waals surface area contributed by atoms with Crippen LogP contribution >= 0.6 is 11.3 Å². The third-order valence-corrected chi connectivity index (χ3v) is 5.56. The van der Waals surface area contributed by atoms with Gasteiger partial charge in [0.1, 0.15) is 6.61 Å². The van der Waals surface area contributed by atoms with E-state index in [1.54, 1.807) is 23.3 Å². The fourth-order valence-electron chi connectivity index (χ4n) is 3.01. The van der Waals surface area contributed by atoms with Crippen molar-refractivity contribution in [3.8, 4) is 11.5 Å². The first-order valence-electron chi connectivity index (χ1n) is 8.47. The van der Waals surface area contributed by atoms with Crippen molar-refractivity contribution in [3.05, 3.63) is 39.8 Å². The Morgan fingerprint density at radius 3 is 2.96 bits per heavy atom. The Hall–Kier alpha value is -2.08. The standard InChI is InChI=1S/C19H24N2O3S/c1-12(2)18-20-15(11-25-18)9-21(3)19(22)14-8-13-6-5-7-16(23-4)17(13)24-10-14/h5-7,11-12,14H,8-10H2,1-4H3/t14-/m1/s1. The van der Waals surface area contributed by atoms with Gasteiger partial charge in [-0.3, -0.25) is 4.79 Å². The van der Waals surface area contributed by atoms with Gasteiger partial charge in [0.15, 0.2) is 11.5 Å². The highest BCUT2D eigenvalue weighted by Crippen LogP contribution is 2.36. The van der Waals surface area contributed by atoms with E-state index >= 15 is 0 Å². The lowest BCUT2D eigenvalue weighted by atomic mass is 9.95. The van der Waals surface area contributed by atoms with Crippen LogP contribution in [0.2, 0.25) is 0 Å². The zero-order chi connectivity index (χ0) is 18.0. The zero-order valence-electron chi connectivity index (χ0n) is 15.1. The fourth-order valence-corrected chi connectivity index (χ4v) is 3.83. The van der Waals surface area contributed by atoms with E-state index in [1.807, 2.05) is 30.6 Å². The maximum Gasteiger partial charge on any atom is 0.229 e. The van der Waals surface area contributed by atoms with Crippen LogP contribution in [0, 0.1) is 5.92 Å². The lowest BCUT2D eigenvalue weighted by Gasteiger charge is -2.28. The molecule has 0 saturated carbocycles. The number of carbonyl (C=O) groups excluding carboxylic acids is 1. The first-order chi connectivity index (χ1) is 12.0. The Kier molecular flexibility index (Phi) is 5.27. The van der Waals surface area contributed by atoms with E-state index in [-0.39, 0.29) is 11.8 Å². The molecular weight excluding hydrogens is 336 g/mol. The van der Waals surface area contributed by atoms with E-state index in [4.69, 9.17) is 9.47 Å². The first kappa shape index (κ1) is 17.7. The number of nitrogens with zero attached hydrogens (tertiary/aromatic N) is 2. The summed E-state index contributed by atoms with van der Waals surface area (Å²) in [4.78, 5) is 19.2. The topological polar surface area (TPSA) is 51.7 Å². The predicted octanol–water partition coefficient (Wildman–Crippen LogP) is 3.48. The van der Waals surface area contributed by atoms with Crippen LogP contribution in [0.4, 0.5) is 0 Å². The van der Waals surface area contributed by atoms with Crippen molar-refractivity contribution in [1.82, 2.24) is 9.88 Å². The molecule has 0 N–H and O–H groups in total. The predicted molar refractivity (Wildman–Crippen MR) is 98.4 cm³/mol. The Morgan fingerprint density at radius 2 is 2.28 bits per heavy atom. The molecule has 0 unspecified atom stereocenters. The molecule has 0 fully saturated rings. The number of para-hydroxylation sites is 1. The minimum absolute atomic E-state index is 0.0903. The minimum Gasteiger partial charge on any atom is -0.493 e. The van der Waals surface area contributed by atoms with Crippen LogP contribution in [0.5, 0.6) is 11.5 Å². The van der Waals surface area contributed by atoms with Crippen molar-refractivity contribution in [1.29, 1.82) is 0 Å². The number of benzene rings is 1. The number of amides is 1. The summed E-state index contributed by atoms with van der Waals surface area (Å²) < 4.78 is 11.2. The van der Waals surface area contributed by atoms with Crippen molar-refractivity contribution in [2.24, 2.45) is 5.92 Å². The lowest BCUT2D eigenvalue weighted by molar-refractivity contribution is -0.136. The quantitative estimate of drug-likeness (QED) is 0.819. The molecule has 0 saturated heterocycles. The number of rotatable bonds is 5. The molecule has 1 aliphatic rings. The number of aromatic nitrogens is 1. The monoisotopic (exact) mass is 360 g/mol. The lowest BCUT2D eigenvalue weighted by Crippen LogP contribution is -2.38. The van der Waals surface area contributed by atoms with Gasteiger partial charge < -0.3 is 14.4 Å². The maximum absolute atomic E-state index is 12.8. The van der Waals surface area contributed by atoms with Crippen LogP contribution in [-0.4, -0.2) is 36.6 Å². The molecule has 0 radical (unpaired) electrons. The number of ether oxygens (including phenoxy) is 2. The van der Waals surface area contributed by atoms with Gasteiger partial charge in [-0.25, -0.2) is 4.98 Å². The van der Waals surface area contributed by atoms with E-state index < -0.39 is 0 Å². The Bertz CT molecular complexity index is 757. The fraction of sp³-hybridized carbons (Fsp3) is 0.474. The van der Waals surface area contributed by atoms with Crippen LogP contribution in [0.3, 0.4) is 0 Å². The summed E-state index contributed by atoms with van der Waals surface area (Å²) in [6.07, 6.45) is 0.671. The second-order valence-corrected chi connectivity index (χ2v) is 7.58. The smallest absolute Gasteiger partial charge is 0.229 e. The molecule has 2 heterocycles. The molecule has 0 aliphatic carbocycles. The van der Waals surface area contributed by atoms with E-state index in [9.17, 15) is 4.79 Å². The van der Waals surface area contributed by atoms with Crippen LogP contribution in [0.25, 0.3) is 0 Å². The SMILES string of the molecule is COc1cccc2c1OC[C@H](C(=O)N(C)Cc1csc(C(C)C)n1)C2. The van der Waals surface area contributed by atoms with Gasteiger partial charge in [0.25, 0.3) is 0 Å². The number of hydrogen-bond acceptors (Lipinski definition) is 5. The number of fused-ring (bicyclic) bond motifs is 1. The Morgan fingerprint density at radius 1 is 1.48 bits per heavy atom. The molecule has 2 aromatic rings. The molecule has 0 spiro atoms. The highest BCUT2D eigenvalue weighted by molar-refractivity contribution is 7.09. The van der Waals surface area contributed by atoms with Gasteiger partial charge in [-0.05, 0) is 18.1 Å². The molecule has 1 aromatic heterocycles. The van der Waals surface area contributed by atoms with Gasteiger partial charge >= 0.3 is 0 Å². The summed E-state index contributed by atoms with van der Waals surface area (Å²) in [5, 5.41) is 3.15. The molecule has 0 bridgehead atoms. The highest BCUT2D eigenvalue weighted by atomic mass is 32.1. The van der Waals surface area contributed by atoms with Crippen molar-refractivity contribution in [2.75, 3.05) is 20.8 Å². The summed E-state index contributed by atoms with van der Waals surface area (Å²) >= 11 is 1.65. The largest absolute Gasteiger partial charge is 0.493 e. The van der Waals surface area contributed by atoms with Gasteiger partial charge in [0.05, 0.1) is 30.3 Å². The summed E-state index contributed by atoms with van der Waals surface area (Å²) in [6, 6.07) is 5.80. The molecule has 1 aromatic carbocycles. The average molecular weight is 360 g/mol. The van der Waals surface area contributed by atoms with E-state index in [2.05, 4.69) is 18.8 Å². The first-order valence-corrected chi connectivity index (χ1v) is 9.35. The van der Waals surface area contributed by atoms with Gasteiger partial charge in [0.2, 0.25) is 5.91 Å². The van der Waals surface area contributed by atoms with Crippen molar-refractivity contribution < 1.29 is 14.3 Å². The summed E-state index contributed by atoms with van der Waals surface area (Å²) in [6.45, 7) is 5.17. The van der Waals surface area contributed by atoms with Crippen molar-refractivity contribution in [3.63, 3.8) is 0 Å². The molecule has 5 nitrogen and oxygen atoms in total. The van der Waals surface area contributed by atoms with Crippen molar-refractivity contribution in [2.45, 2.75) is 32.7 Å². The summed E-state index contributed by atoms with van der Waals surface area (Å²) in [5.74, 6) is 1.82. The van der Waals surface area contributed by atoms with Crippen LogP contribution in [0.1, 0.15) is 36.0 Å². The number of thiazole rings is 1.